The highest BCUT2D eigenvalue weighted by molar-refractivity contribution is 9.10. The van der Waals surface area contributed by atoms with E-state index in [0.717, 1.165) is 0 Å². The van der Waals surface area contributed by atoms with Gasteiger partial charge in [0.25, 0.3) is 5.91 Å². The topological polar surface area (TPSA) is 79.3 Å². The van der Waals surface area contributed by atoms with Gasteiger partial charge in [0.1, 0.15) is 0 Å². The summed E-state index contributed by atoms with van der Waals surface area (Å²) in [7, 11) is 0. The first-order chi connectivity index (χ1) is 8.91. The van der Waals surface area contributed by atoms with Gasteiger partial charge in [-0.1, -0.05) is 13.8 Å². The lowest BCUT2D eigenvalue weighted by atomic mass is 9.97. The molecule has 0 saturated carbocycles. The van der Waals surface area contributed by atoms with Gasteiger partial charge >= 0.3 is 5.97 Å². The van der Waals surface area contributed by atoms with Crippen LogP contribution >= 0.6 is 15.9 Å². The number of pyridine rings is 1. The van der Waals surface area contributed by atoms with Crippen LogP contribution in [0, 0.1) is 11.8 Å². The number of aliphatic carboxylic acids is 1. The zero-order valence-corrected chi connectivity index (χ0v) is 12.5. The zero-order valence-electron chi connectivity index (χ0n) is 10.9. The number of carbonyl (C=O) groups excluding carboxylic acids is 1. The molecular weight excluding hydrogens is 312 g/mol. The number of nitrogens with one attached hydrogen (secondary N) is 1. The smallest absolute Gasteiger partial charge is 0.308 e. The van der Waals surface area contributed by atoms with E-state index in [1.54, 1.807) is 6.07 Å². The Labute approximate surface area is 120 Å². The van der Waals surface area contributed by atoms with Gasteiger partial charge in [-0.15, -0.1) is 0 Å². The third-order valence-corrected chi connectivity index (χ3v) is 3.26. The Morgan fingerprint density at radius 3 is 2.68 bits per heavy atom. The summed E-state index contributed by atoms with van der Waals surface area (Å²) in [6.45, 7) is 4.04. The number of nitrogens with zero attached hydrogens (tertiary/aromatic N) is 1. The van der Waals surface area contributed by atoms with E-state index >= 15 is 0 Å². The summed E-state index contributed by atoms with van der Waals surface area (Å²) in [4.78, 5) is 26.9. The summed E-state index contributed by atoms with van der Waals surface area (Å²) in [6.07, 6.45) is 3.58. The first kappa shape index (κ1) is 15.6. The third kappa shape index (κ3) is 4.98. The van der Waals surface area contributed by atoms with E-state index in [0.29, 0.717) is 16.5 Å². The van der Waals surface area contributed by atoms with E-state index in [4.69, 9.17) is 5.11 Å². The van der Waals surface area contributed by atoms with Crippen molar-refractivity contribution in [2.75, 3.05) is 6.54 Å². The molecule has 1 aromatic heterocycles. The average Bonchev–Trinajstić information content (AvgIpc) is 2.34. The molecule has 1 heterocycles. The Morgan fingerprint density at radius 1 is 1.47 bits per heavy atom. The molecular formula is C13H17BrN2O3. The average molecular weight is 329 g/mol. The fourth-order valence-corrected chi connectivity index (χ4v) is 2.14. The zero-order chi connectivity index (χ0) is 14.4. The maximum absolute atomic E-state index is 11.9. The predicted molar refractivity (Wildman–Crippen MR) is 74.9 cm³/mol. The fraction of sp³-hybridized carbons (Fsp3) is 0.462. The van der Waals surface area contributed by atoms with Crippen LogP contribution in [0.4, 0.5) is 0 Å². The number of rotatable bonds is 6. The van der Waals surface area contributed by atoms with Crippen molar-refractivity contribution in [1.82, 2.24) is 10.3 Å². The highest BCUT2D eigenvalue weighted by atomic mass is 79.9. The fourth-order valence-electron chi connectivity index (χ4n) is 1.71. The van der Waals surface area contributed by atoms with E-state index in [1.165, 1.54) is 12.4 Å². The van der Waals surface area contributed by atoms with Crippen LogP contribution in [0.15, 0.2) is 22.9 Å². The lowest BCUT2D eigenvalue weighted by Gasteiger charge is -2.15. The molecule has 0 aromatic carbocycles. The number of carboxylic acid groups (broad SMARTS) is 1. The Balaban J connectivity index is 2.62. The van der Waals surface area contributed by atoms with Gasteiger partial charge in [0.15, 0.2) is 0 Å². The normalized spacial score (nSPS) is 12.2. The molecule has 1 amide bonds. The van der Waals surface area contributed by atoms with Crippen molar-refractivity contribution < 1.29 is 14.7 Å². The maximum Gasteiger partial charge on any atom is 0.308 e. The molecule has 0 aliphatic heterocycles. The summed E-state index contributed by atoms with van der Waals surface area (Å²) in [5.74, 6) is -1.48. The molecule has 0 radical (unpaired) electrons. The molecule has 1 aromatic rings. The van der Waals surface area contributed by atoms with E-state index < -0.39 is 11.9 Å². The second kappa shape index (κ2) is 7.23. The van der Waals surface area contributed by atoms with Crippen LogP contribution in [0.5, 0.6) is 0 Å². The molecule has 104 valence electrons. The second-order valence-corrected chi connectivity index (χ2v) is 5.58. The number of aromatic nitrogens is 1. The van der Waals surface area contributed by atoms with Gasteiger partial charge in [-0.05, 0) is 34.3 Å². The van der Waals surface area contributed by atoms with Crippen LogP contribution in [0.1, 0.15) is 30.6 Å². The Bertz CT molecular complexity index is 463. The molecule has 1 rings (SSSR count). The second-order valence-electron chi connectivity index (χ2n) is 4.73. The lowest BCUT2D eigenvalue weighted by Crippen LogP contribution is -2.33. The van der Waals surface area contributed by atoms with Gasteiger partial charge in [0, 0.05) is 23.4 Å². The molecule has 0 spiro atoms. The first-order valence-electron chi connectivity index (χ1n) is 6.02. The maximum atomic E-state index is 11.9. The monoisotopic (exact) mass is 328 g/mol. The van der Waals surface area contributed by atoms with Crippen LogP contribution in [-0.2, 0) is 4.79 Å². The SMILES string of the molecule is CC(C)CC(CNC(=O)c1ccncc1Br)C(=O)O. The molecule has 0 aliphatic carbocycles. The minimum Gasteiger partial charge on any atom is -0.481 e. The van der Waals surface area contributed by atoms with Crippen molar-refractivity contribution in [3.05, 3.63) is 28.5 Å². The number of carbonyl (C=O) groups is 2. The van der Waals surface area contributed by atoms with Crippen LogP contribution < -0.4 is 5.32 Å². The van der Waals surface area contributed by atoms with Gasteiger partial charge in [-0.3, -0.25) is 14.6 Å². The first-order valence-corrected chi connectivity index (χ1v) is 6.81. The summed E-state index contributed by atoms with van der Waals surface area (Å²) in [6, 6.07) is 1.58. The van der Waals surface area contributed by atoms with E-state index in [9.17, 15) is 9.59 Å². The molecule has 0 saturated heterocycles. The molecule has 0 bridgehead atoms. The van der Waals surface area contributed by atoms with Crippen molar-refractivity contribution in [3.63, 3.8) is 0 Å². The molecule has 0 fully saturated rings. The highest BCUT2D eigenvalue weighted by Crippen LogP contribution is 2.15. The number of amides is 1. The van der Waals surface area contributed by atoms with Gasteiger partial charge in [0.2, 0.25) is 0 Å². The molecule has 6 heteroatoms. The van der Waals surface area contributed by atoms with Crippen molar-refractivity contribution >= 4 is 27.8 Å². The number of hydrogen-bond acceptors (Lipinski definition) is 3. The van der Waals surface area contributed by atoms with Gasteiger partial charge < -0.3 is 10.4 Å². The molecule has 5 nitrogen and oxygen atoms in total. The number of carboxylic acids is 1. The van der Waals surface area contributed by atoms with Crippen LogP contribution in [0.3, 0.4) is 0 Å². The van der Waals surface area contributed by atoms with Crippen molar-refractivity contribution in [2.45, 2.75) is 20.3 Å². The Hall–Kier alpha value is -1.43. The minimum absolute atomic E-state index is 0.126. The third-order valence-electron chi connectivity index (χ3n) is 2.63. The Morgan fingerprint density at radius 2 is 2.16 bits per heavy atom. The van der Waals surface area contributed by atoms with Crippen molar-refractivity contribution in [2.24, 2.45) is 11.8 Å². The molecule has 19 heavy (non-hydrogen) atoms. The van der Waals surface area contributed by atoms with E-state index in [1.807, 2.05) is 13.8 Å². The Kier molecular flexibility index (Phi) is 5.95. The number of hydrogen-bond donors (Lipinski definition) is 2. The molecule has 1 atom stereocenters. The lowest BCUT2D eigenvalue weighted by molar-refractivity contribution is -0.142. The summed E-state index contributed by atoms with van der Waals surface area (Å²) < 4.78 is 0.586. The van der Waals surface area contributed by atoms with Crippen LogP contribution in [-0.4, -0.2) is 28.5 Å². The van der Waals surface area contributed by atoms with Gasteiger partial charge in [-0.25, -0.2) is 0 Å². The standard InChI is InChI=1S/C13H17BrN2O3/c1-8(2)5-9(13(18)19)6-16-12(17)10-3-4-15-7-11(10)14/h3-4,7-9H,5-6H2,1-2H3,(H,16,17)(H,18,19). The molecule has 1 unspecified atom stereocenters. The number of halogens is 1. The largest absolute Gasteiger partial charge is 0.481 e. The van der Waals surface area contributed by atoms with E-state index in [-0.39, 0.29) is 18.4 Å². The van der Waals surface area contributed by atoms with Gasteiger partial charge in [-0.2, -0.15) is 0 Å². The van der Waals surface area contributed by atoms with Crippen LogP contribution in [0.2, 0.25) is 0 Å². The molecule has 2 N–H and O–H groups in total. The van der Waals surface area contributed by atoms with Crippen molar-refractivity contribution in [1.29, 1.82) is 0 Å². The quantitative estimate of drug-likeness (QED) is 0.839. The van der Waals surface area contributed by atoms with Gasteiger partial charge in [0.05, 0.1) is 11.5 Å². The van der Waals surface area contributed by atoms with Crippen molar-refractivity contribution in [3.8, 4) is 0 Å². The minimum atomic E-state index is -0.886. The van der Waals surface area contributed by atoms with E-state index in [2.05, 4.69) is 26.2 Å². The summed E-state index contributed by atoms with van der Waals surface area (Å²) in [5.41, 5.74) is 0.448. The van der Waals surface area contributed by atoms with Crippen LogP contribution in [0.25, 0.3) is 0 Å². The predicted octanol–water partition coefficient (Wildman–Crippen LogP) is 2.32. The summed E-state index contributed by atoms with van der Waals surface area (Å²) >= 11 is 3.23. The highest BCUT2D eigenvalue weighted by Gasteiger charge is 2.20. The molecule has 0 aliphatic rings. The summed E-state index contributed by atoms with van der Waals surface area (Å²) in [5, 5.41) is 11.7.